The summed E-state index contributed by atoms with van der Waals surface area (Å²) in [5.74, 6) is 0. The first-order valence-electron chi connectivity index (χ1n) is 4.22. The molecular weight excluding hydrogens is 170 g/mol. The van der Waals surface area contributed by atoms with Gasteiger partial charge in [-0.3, -0.25) is 0 Å². The average Bonchev–Trinajstić information content (AvgIpc) is 2.53. The van der Waals surface area contributed by atoms with Crippen LogP contribution in [0.1, 0.15) is 12.8 Å². The van der Waals surface area contributed by atoms with E-state index in [1.54, 1.807) is 0 Å². The van der Waals surface area contributed by atoms with Crippen LogP contribution in [0.3, 0.4) is 0 Å². The third-order valence-electron chi connectivity index (χ3n) is 2.13. The first-order valence-corrected chi connectivity index (χ1v) is 4.59. The monoisotopic (exact) mass is 180 g/mol. The molecule has 1 saturated heterocycles. The smallest absolute Gasteiger partial charge is 0.152 e. The first kappa shape index (κ1) is 7.93. The normalized spacial score (nSPS) is 18.6. The molecule has 0 aromatic heterocycles. The molecule has 1 aromatic rings. The van der Waals surface area contributed by atoms with E-state index in [-0.39, 0.29) is 0 Å². The number of nitrogens with zero attached hydrogens (tertiary/aromatic N) is 1. The molecule has 0 spiro atoms. The zero-order valence-electron chi connectivity index (χ0n) is 6.83. The van der Waals surface area contributed by atoms with Crippen LogP contribution >= 0.6 is 11.6 Å². The van der Waals surface area contributed by atoms with Crippen LogP contribution < -0.4 is 4.90 Å². The molecule has 2 heteroatoms. The van der Waals surface area contributed by atoms with E-state index in [9.17, 15) is 0 Å². The topological polar surface area (TPSA) is 3.24 Å². The number of hydrogen-bond acceptors (Lipinski definition) is 1. The van der Waals surface area contributed by atoms with Crippen LogP contribution in [-0.4, -0.2) is 6.54 Å². The molecule has 0 amide bonds. The Morgan fingerprint density at radius 3 is 2.50 bits per heavy atom. The molecule has 0 aliphatic carbocycles. The third kappa shape index (κ3) is 1.42. The minimum Gasteiger partial charge on any atom is -0.350 e. The van der Waals surface area contributed by atoms with Gasteiger partial charge in [0.1, 0.15) is 0 Å². The Morgan fingerprint density at radius 1 is 1.17 bits per heavy atom. The summed E-state index contributed by atoms with van der Waals surface area (Å²) < 4.78 is 0. The molecule has 0 atom stereocenters. The highest BCUT2D eigenvalue weighted by Gasteiger charge is 2.22. The molecule has 0 saturated carbocycles. The summed E-state index contributed by atoms with van der Waals surface area (Å²) in [5, 5.41) is 0. The SMILES string of the molecule is Cl[C]1CCCN1c1ccccc1. The maximum atomic E-state index is 6.06. The van der Waals surface area contributed by atoms with Gasteiger partial charge in [0.15, 0.2) is 5.50 Å². The van der Waals surface area contributed by atoms with Gasteiger partial charge in [-0.05, 0) is 25.0 Å². The van der Waals surface area contributed by atoms with Crippen LogP contribution in [0.5, 0.6) is 0 Å². The van der Waals surface area contributed by atoms with Gasteiger partial charge in [0.2, 0.25) is 0 Å². The van der Waals surface area contributed by atoms with Gasteiger partial charge in [0, 0.05) is 12.2 Å². The molecule has 1 nitrogen and oxygen atoms in total. The quantitative estimate of drug-likeness (QED) is 0.601. The molecule has 1 heterocycles. The Morgan fingerprint density at radius 2 is 1.92 bits per heavy atom. The summed E-state index contributed by atoms with van der Waals surface area (Å²) in [7, 11) is 0. The van der Waals surface area contributed by atoms with Crippen molar-refractivity contribution in [2.45, 2.75) is 12.8 Å². The number of anilines is 1. The molecule has 1 radical (unpaired) electrons. The molecule has 63 valence electrons. The number of rotatable bonds is 1. The summed E-state index contributed by atoms with van der Waals surface area (Å²) in [4.78, 5) is 2.17. The van der Waals surface area contributed by atoms with Crippen molar-refractivity contribution < 1.29 is 0 Å². The summed E-state index contributed by atoms with van der Waals surface area (Å²) >= 11 is 6.06. The van der Waals surface area contributed by atoms with Crippen molar-refractivity contribution >= 4 is 17.3 Å². The van der Waals surface area contributed by atoms with Crippen LogP contribution in [0.15, 0.2) is 30.3 Å². The molecule has 1 aliphatic heterocycles. The number of hydrogen-bond donors (Lipinski definition) is 0. The predicted octanol–water partition coefficient (Wildman–Crippen LogP) is 3.02. The van der Waals surface area contributed by atoms with Crippen molar-refractivity contribution in [3.05, 3.63) is 35.8 Å². The van der Waals surface area contributed by atoms with Crippen molar-refractivity contribution in [2.24, 2.45) is 0 Å². The molecule has 1 aromatic carbocycles. The van der Waals surface area contributed by atoms with Crippen LogP contribution in [0.4, 0.5) is 5.69 Å². The van der Waals surface area contributed by atoms with Crippen LogP contribution in [0.25, 0.3) is 0 Å². The van der Waals surface area contributed by atoms with E-state index in [1.165, 1.54) is 12.1 Å². The van der Waals surface area contributed by atoms with Crippen LogP contribution in [-0.2, 0) is 0 Å². The van der Waals surface area contributed by atoms with Crippen molar-refractivity contribution in [3.63, 3.8) is 0 Å². The van der Waals surface area contributed by atoms with Crippen molar-refractivity contribution in [2.75, 3.05) is 11.4 Å². The Hall–Kier alpha value is -0.690. The van der Waals surface area contributed by atoms with E-state index < -0.39 is 0 Å². The largest absolute Gasteiger partial charge is 0.350 e. The van der Waals surface area contributed by atoms with Crippen LogP contribution in [0.2, 0.25) is 0 Å². The molecule has 1 fully saturated rings. The minimum absolute atomic E-state index is 0.973. The fourth-order valence-electron chi connectivity index (χ4n) is 1.52. The second kappa shape index (κ2) is 3.36. The zero-order valence-corrected chi connectivity index (χ0v) is 7.59. The average molecular weight is 181 g/mol. The van der Waals surface area contributed by atoms with Gasteiger partial charge in [-0.15, -0.1) is 0 Å². The third-order valence-corrected chi connectivity index (χ3v) is 2.52. The van der Waals surface area contributed by atoms with Gasteiger partial charge in [-0.2, -0.15) is 0 Å². The van der Waals surface area contributed by atoms with E-state index >= 15 is 0 Å². The van der Waals surface area contributed by atoms with Crippen molar-refractivity contribution in [1.82, 2.24) is 0 Å². The molecule has 2 rings (SSSR count). The minimum atomic E-state index is 0.973. The number of para-hydroxylation sites is 1. The van der Waals surface area contributed by atoms with E-state index in [2.05, 4.69) is 17.0 Å². The van der Waals surface area contributed by atoms with Gasteiger partial charge in [-0.1, -0.05) is 29.8 Å². The fourth-order valence-corrected chi connectivity index (χ4v) is 1.83. The van der Waals surface area contributed by atoms with Gasteiger partial charge in [-0.25, -0.2) is 0 Å². The highest BCUT2D eigenvalue weighted by atomic mass is 35.5. The highest BCUT2D eigenvalue weighted by Crippen LogP contribution is 2.32. The van der Waals surface area contributed by atoms with Gasteiger partial charge in [0.25, 0.3) is 0 Å². The lowest BCUT2D eigenvalue weighted by molar-refractivity contribution is 0.956. The summed E-state index contributed by atoms with van der Waals surface area (Å²) in [6.45, 7) is 1.06. The molecule has 1 aliphatic rings. The van der Waals surface area contributed by atoms with Gasteiger partial charge < -0.3 is 4.90 Å². The fraction of sp³-hybridized carbons (Fsp3) is 0.300. The maximum Gasteiger partial charge on any atom is 0.152 e. The number of halogens is 1. The van der Waals surface area contributed by atoms with E-state index in [4.69, 9.17) is 11.6 Å². The summed E-state index contributed by atoms with van der Waals surface area (Å²) in [6.07, 6.45) is 2.20. The Kier molecular flexibility index (Phi) is 2.22. The lowest BCUT2D eigenvalue weighted by Crippen LogP contribution is -2.18. The zero-order chi connectivity index (χ0) is 8.39. The van der Waals surface area contributed by atoms with E-state index in [0.29, 0.717) is 0 Å². The van der Waals surface area contributed by atoms with Crippen LogP contribution in [0, 0.1) is 5.50 Å². The molecule has 0 bridgehead atoms. The first-order chi connectivity index (χ1) is 5.88. The van der Waals surface area contributed by atoms with Gasteiger partial charge >= 0.3 is 0 Å². The molecular formula is C10H11ClN. The lowest BCUT2D eigenvalue weighted by Gasteiger charge is -2.20. The highest BCUT2D eigenvalue weighted by molar-refractivity contribution is 6.28. The van der Waals surface area contributed by atoms with Crippen molar-refractivity contribution in [3.8, 4) is 0 Å². The lowest BCUT2D eigenvalue weighted by atomic mass is 10.3. The van der Waals surface area contributed by atoms with E-state index in [0.717, 1.165) is 18.5 Å². The summed E-state index contributed by atoms with van der Waals surface area (Å²) in [6, 6.07) is 10.3. The standard InChI is InChI=1S/C10H11ClN/c11-10-7-4-8-12(10)9-5-2-1-3-6-9/h1-3,5-6H,4,7-8H2. The van der Waals surface area contributed by atoms with Crippen molar-refractivity contribution in [1.29, 1.82) is 0 Å². The van der Waals surface area contributed by atoms with Gasteiger partial charge in [0.05, 0.1) is 0 Å². The summed E-state index contributed by atoms with van der Waals surface area (Å²) in [5.41, 5.74) is 2.18. The van der Waals surface area contributed by atoms with E-state index in [1.807, 2.05) is 18.2 Å². The predicted molar refractivity (Wildman–Crippen MR) is 52.1 cm³/mol. The Labute approximate surface area is 77.9 Å². The maximum absolute atomic E-state index is 6.06. The molecule has 0 N–H and O–H groups in total. The molecule has 12 heavy (non-hydrogen) atoms. The second-order valence-corrected chi connectivity index (χ2v) is 3.40. The Bertz CT molecular complexity index is 247. The number of benzene rings is 1. The molecule has 0 unspecified atom stereocenters. The Balaban J connectivity index is 2.19. The second-order valence-electron chi connectivity index (χ2n) is 2.97.